The number of methoxy groups -OCH3 is 3. The summed E-state index contributed by atoms with van der Waals surface area (Å²) in [6.07, 6.45) is 5.79. The van der Waals surface area contributed by atoms with Crippen LogP contribution in [0.2, 0.25) is 0 Å². The van der Waals surface area contributed by atoms with Gasteiger partial charge in [-0.15, -0.1) is 0 Å². The van der Waals surface area contributed by atoms with Crippen LogP contribution >= 0.6 is 0 Å². The number of benzene rings is 1. The van der Waals surface area contributed by atoms with Crippen molar-refractivity contribution in [1.29, 1.82) is 0 Å². The molecule has 11 heteroatoms. The highest BCUT2D eigenvalue weighted by Crippen LogP contribution is 2.37. The van der Waals surface area contributed by atoms with E-state index in [0.29, 0.717) is 56.0 Å². The largest absolute Gasteiger partial charge is 0.493 e. The maximum Gasteiger partial charge on any atom is 0.246 e. The third-order valence-corrected chi connectivity index (χ3v) is 6.71. The molecule has 40 heavy (non-hydrogen) atoms. The molecule has 3 rings (SSSR count). The van der Waals surface area contributed by atoms with Crippen LogP contribution in [-0.4, -0.2) is 87.0 Å². The second-order valence-electron chi connectivity index (χ2n) is 9.72. The minimum atomic E-state index is -0.369. The summed E-state index contributed by atoms with van der Waals surface area (Å²) in [5, 5.41) is 2.62. The molecule has 0 unspecified atom stereocenters. The lowest BCUT2D eigenvalue weighted by Crippen LogP contribution is -2.52. The molecule has 1 aromatic carbocycles. The van der Waals surface area contributed by atoms with E-state index >= 15 is 0 Å². The van der Waals surface area contributed by atoms with Crippen molar-refractivity contribution in [3.05, 3.63) is 17.7 Å². The summed E-state index contributed by atoms with van der Waals surface area (Å²) in [5.41, 5.74) is 5.84. The van der Waals surface area contributed by atoms with Crippen LogP contribution in [-0.2, 0) is 19.2 Å². The highest BCUT2D eigenvalue weighted by Gasteiger charge is 2.41. The second-order valence-corrected chi connectivity index (χ2v) is 9.72. The van der Waals surface area contributed by atoms with Gasteiger partial charge in [-0.2, -0.15) is 0 Å². The van der Waals surface area contributed by atoms with Crippen molar-refractivity contribution in [2.45, 2.75) is 84.2 Å². The molecular formula is C29H48N4O7. The van der Waals surface area contributed by atoms with Crippen LogP contribution in [0.3, 0.4) is 0 Å². The Bertz CT molecular complexity index is 960. The summed E-state index contributed by atoms with van der Waals surface area (Å²) in [4.78, 5) is 50.0. The third kappa shape index (κ3) is 9.91. The van der Waals surface area contributed by atoms with Crippen LogP contribution in [0.5, 0.6) is 17.2 Å². The fourth-order valence-corrected chi connectivity index (χ4v) is 4.80. The van der Waals surface area contributed by atoms with Crippen molar-refractivity contribution in [3.8, 4) is 17.2 Å². The maximum atomic E-state index is 12.7. The monoisotopic (exact) mass is 564 g/mol. The zero-order chi connectivity index (χ0) is 30.2. The third-order valence-electron chi connectivity index (χ3n) is 6.71. The first-order valence-electron chi connectivity index (χ1n) is 14.0. The molecule has 0 aromatic heterocycles. The molecule has 226 valence electrons. The van der Waals surface area contributed by atoms with Gasteiger partial charge >= 0.3 is 0 Å². The fourth-order valence-electron chi connectivity index (χ4n) is 4.80. The van der Waals surface area contributed by atoms with Gasteiger partial charge in [0.05, 0.1) is 21.3 Å². The van der Waals surface area contributed by atoms with Gasteiger partial charge in [0.25, 0.3) is 0 Å². The smallest absolute Gasteiger partial charge is 0.246 e. The number of amides is 4. The number of aryl methyl sites for hydroxylation is 1. The number of ether oxygens (including phenoxy) is 3. The molecule has 2 aliphatic rings. The van der Waals surface area contributed by atoms with E-state index in [4.69, 9.17) is 19.9 Å². The number of primary amides is 1. The first-order chi connectivity index (χ1) is 19.1. The van der Waals surface area contributed by atoms with E-state index in [1.807, 2.05) is 32.9 Å². The van der Waals surface area contributed by atoms with Gasteiger partial charge in [0.15, 0.2) is 11.5 Å². The van der Waals surface area contributed by atoms with Crippen LogP contribution in [0, 0.1) is 6.92 Å². The average Bonchev–Trinajstić information content (AvgIpc) is 3.63. The lowest BCUT2D eigenvalue weighted by molar-refractivity contribution is -0.146. The number of hydrogen-bond donors (Lipinski definition) is 2. The lowest BCUT2D eigenvalue weighted by atomic mass is 10.1. The molecular weight excluding hydrogens is 516 g/mol. The Morgan fingerprint density at radius 1 is 0.875 bits per heavy atom. The summed E-state index contributed by atoms with van der Waals surface area (Å²) in [5.74, 6) is 1.71. The molecule has 11 nitrogen and oxygen atoms in total. The predicted octanol–water partition coefficient (Wildman–Crippen LogP) is 2.81. The van der Waals surface area contributed by atoms with Gasteiger partial charge in [0, 0.05) is 33.0 Å². The molecule has 2 aliphatic heterocycles. The number of carbonyl (C=O) groups excluding carboxylic acids is 4. The molecule has 3 N–H and O–H groups in total. The first-order valence-corrected chi connectivity index (χ1v) is 14.0. The van der Waals surface area contributed by atoms with Crippen LogP contribution in [0.25, 0.3) is 0 Å². The van der Waals surface area contributed by atoms with Gasteiger partial charge in [-0.3, -0.25) is 19.2 Å². The number of nitrogens with zero attached hydrogens (tertiary/aromatic N) is 2. The molecule has 2 saturated heterocycles. The molecule has 0 radical (unpaired) electrons. The Kier molecular flexibility index (Phi) is 15.5. The first kappa shape index (κ1) is 34.5. The van der Waals surface area contributed by atoms with E-state index in [1.54, 1.807) is 38.2 Å². The summed E-state index contributed by atoms with van der Waals surface area (Å²) in [7, 11) is 6.40. The Balaban J connectivity index is 0.000000357. The van der Waals surface area contributed by atoms with Crippen LogP contribution in [0.4, 0.5) is 0 Å². The summed E-state index contributed by atoms with van der Waals surface area (Å²) in [6.45, 7) is 7.14. The molecule has 1 aromatic rings. The topological polar surface area (TPSA) is 140 Å². The quantitative estimate of drug-likeness (QED) is 0.470. The van der Waals surface area contributed by atoms with Gasteiger partial charge in [-0.25, -0.2) is 0 Å². The number of likely N-dealkylation sites (N-methyl/N-ethyl adjacent to an activating group) is 1. The van der Waals surface area contributed by atoms with Crippen molar-refractivity contribution in [2.75, 3.05) is 41.5 Å². The fraction of sp³-hybridized carbons (Fsp3) is 0.655. The SMILES string of the molecule is CCCC(=O)N1CCC[C@H]1C(=O)N1CCC[C@H]1C(=O)NC.CCCC(N)=O.COc1cc(C)cc(OC)c1OC. The van der Waals surface area contributed by atoms with Crippen molar-refractivity contribution in [3.63, 3.8) is 0 Å². The molecule has 2 fully saturated rings. The van der Waals surface area contributed by atoms with Crippen LogP contribution in [0.15, 0.2) is 12.1 Å². The summed E-state index contributed by atoms with van der Waals surface area (Å²) < 4.78 is 15.5. The highest BCUT2D eigenvalue weighted by atomic mass is 16.5. The number of carbonyl (C=O) groups is 4. The lowest BCUT2D eigenvalue weighted by Gasteiger charge is -2.30. The van der Waals surface area contributed by atoms with E-state index in [0.717, 1.165) is 31.2 Å². The van der Waals surface area contributed by atoms with Gasteiger partial charge in [-0.05, 0) is 63.1 Å². The standard InChI is InChI=1S/C15H25N3O3.C10H14O3.C4H9NO/c1-3-6-13(19)17-9-5-8-12(17)15(21)18-10-4-7-11(18)14(20)16-2;1-7-5-8(11-2)10(13-4)9(6-7)12-3;1-2-3-4(5)6/h11-12H,3-10H2,1-2H3,(H,16,20);5-6H,1-4H3;2-3H2,1H3,(H2,5,6)/t11-,12-;;/m0../s1. The van der Waals surface area contributed by atoms with Crippen molar-refractivity contribution >= 4 is 23.6 Å². The van der Waals surface area contributed by atoms with Crippen LogP contribution < -0.4 is 25.3 Å². The molecule has 0 aliphatic carbocycles. The number of hydrogen-bond acceptors (Lipinski definition) is 7. The molecule has 0 spiro atoms. The van der Waals surface area contributed by atoms with Crippen molar-refractivity contribution in [2.24, 2.45) is 5.73 Å². The number of likely N-dealkylation sites (tertiary alicyclic amines) is 2. The van der Waals surface area contributed by atoms with E-state index in [9.17, 15) is 19.2 Å². The van der Waals surface area contributed by atoms with E-state index in [2.05, 4.69) is 5.32 Å². The van der Waals surface area contributed by atoms with Crippen LogP contribution in [0.1, 0.15) is 70.8 Å². The van der Waals surface area contributed by atoms with Gasteiger partial charge in [0.1, 0.15) is 12.1 Å². The summed E-state index contributed by atoms with van der Waals surface area (Å²) >= 11 is 0. The Labute approximate surface area is 238 Å². The van der Waals surface area contributed by atoms with Gasteiger partial charge in [0.2, 0.25) is 29.4 Å². The average molecular weight is 565 g/mol. The Morgan fingerprint density at radius 2 is 1.40 bits per heavy atom. The van der Waals surface area contributed by atoms with E-state index in [1.165, 1.54) is 0 Å². The Hall–Kier alpha value is -3.50. The normalized spacial score (nSPS) is 17.6. The predicted molar refractivity (Wildman–Crippen MR) is 153 cm³/mol. The number of nitrogens with one attached hydrogen (secondary N) is 1. The molecule has 2 atom stereocenters. The molecule has 2 heterocycles. The minimum Gasteiger partial charge on any atom is -0.493 e. The van der Waals surface area contributed by atoms with E-state index in [-0.39, 0.29) is 35.7 Å². The summed E-state index contributed by atoms with van der Waals surface area (Å²) in [6, 6.07) is 3.07. The van der Waals surface area contributed by atoms with Gasteiger partial charge in [-0.1, -0.05) is 13.8 Å². The second kappa shape index (κ2) is 18.0. The van der Waals surface area contributed by atoms with E-state index < -0.39 is 0 Å². The minimum absolute atomic E-state index is 0.0527. The molecule has 0 bridgehead atoms. The maximum absolute atomic E-state index is 12.7. The molecule has 4 amide bonds. The highest BCUT2D eigenvalue weighted by molar-refractivity contribution is 5.92. The zero-order valence-electron chi connectivity index (χ0n) is 25.2. The number of nitrogens with two attached hydrogens (primary N) is 1. The number of rotatable bonds is 9. The van der Waals surface area contributed by atoms with Crippen molar-refractivity contribution < 1.29 is 33.4 Å². The Morgan fingerprint density at radius 3 is 1.82 bits per heavy atom. The van der Waals surface area contributed by atoms with Crippen molar-refractivity contribution in [1.82, 2.24) is 15.1 Å². The molecule has 0 saturated carbocycles. The zero-order valence-corrected chi connectivity index (χ0v) is 25.2. The van der Waals surface area contributed by atoms with Gasteiger partial charge < -0.3 is 35.1 Å².